The number of allylic oxidation sites excluding steroid dienone is 1. The van der Waals surface area contributed by atoms with Crippen molar-refractivity contribution in [1.82, 2.24) is 4.57 Å². The number of benzene rings is 3. The Morgan fingerprint density at radius 3 is 2.42 bits per heavy atom. The third kappa shape index (κ3) is 6.70. The highest BCUT2D eigenvalue weighted by atomic mass is 35.5. The Balaban J connectivity index is 1.43. The molecule has 1 aliphatic rings. The van der Waals surface area contributed by atoms with E-state index >= 15 is 0 Å². The number of aromatic nitrogens is 1. The number of thiazole rings is 1. The molecule has 0 radical (unpaired) electrons. The van der Waals surface area contributed by atoms with Gasteiger partial charge in [-0.3, -0.25) is 14.2 Å². The number of hydrogen-bond acceptors (Lipinski definition) is 7. The largest absolute Gasteiger partial charge is 0.459 e. The predicted molar refractivity (Wildman–Crippen MR) is 189 cm³/mol. The molecule has 8 nitrogen and oxygen atoms in total. The van der Waals surface area contributed by atoms with Crippen molar-refractivity contribution in [3.8, 4) is 11.3 Å². The van der Waals surface area contributed by atoms with Crippen molar-refractivity contribution in [2.24, 2.45) is 4.99 Å². The lowest BCUT2D eigenvalue weighted by molar-refractivity contribution is -0.113. The molecule has 1 aliphatic heterocycles. The van der Waals surface area contributed by atoms with Gasteiger partial charge in [0.2, 0.25) is 0 Å². The van der Waals surface area contributed by atoms with Crippen molar-refractivity contribution in [1.29, 1.82) is 0 Å². The van der Waals surface area contributed by atoms with Crippen LogP contribution in [0.5, 0.6) is 0 Å². The predicted octanol–water partition coefficient (Wildman–Crippen LogP) is 7.48. The molecule has 0 unspecified atom stereocenters. The van der Waals surface area contributed by atoms with Crippen LogP contribution in [-0.2, 0) is 9.53 Å². The second-order valence-electron chi connectivity index (χ2n) is 12.1. The summed E-state index contributed by atoms with van der Waals surface area (Å²) in [4.78, 5) is 46.1. The summed E-state index contributed by atoms with van der Waals surface area (Å²) in [6.07, 6.45) is 1.34. The lowest BCUT2D eigenvalue weighted by Crippen LogP contribution is -2.40. The second kappa shape index (κ2) is 13.6. The number of rotatable bonds is 8. The average molecular weight is 680 g/mol. The van der Waals surface area contributed by atoms with Crippen LogP contribution in [0, 0.1) is 0 Å². The van der Waals surface area contributed by atoms with Crippen LogP contribution in [-0.4, -0.2) is 22.5 Å². The Labute approximate surface area is 286 Å². The SMILES string of the molecule is CC1=C(C(=O)Nc2ccccc2)[C@H](c2ccc(C(C)C)cc2)n2c(s/c(=C/c3ccc(-c4cc(Cl)ccc4C(=O)OC(C)C)o3)c2=O)=N1. The molecular weight excluding hydrogens is 646 g/mol. The highest BCUT2D eigenvalue weighted by Gasteiger charge is 2.32. The van der Waals surface area contributed by atoms with Gasteiger partial charge in [0.25, 0.3) is 11.5 Å². The molecule has 6 rings (SSSR count). The van der Waals surface area contributed by atoms with Gasteiger partial charge >= 0.3 is 5.97 Å². The fourth-order valence-electron chi connectivity index (χ4n) is 5.59. The molecule has 0 bridgehead atoms. The van der Waals surface area contributed by atoms with Crippen molar-refractivity contribution in [2.75, 3.05) is 5.32 Å². The number of nitrogens with zero attached hydrogens (tertiary/aromatic N) is 2. The first-order chi connectivity index (χ1) is 23.0. The minimum atomic E-state index is -0.707. The van der Waals surface area contributed by atoms with E-state index in [2.05, 4.69) is 19.2 Å². The molecule has 0 saturated heterocycles. The zero-order chi connectivity index (χ0) is 34.1. The molecule has 10 heteroatoms. The number of carbonyl (C=O) groups excluding carboxylic acids is 2. The van der Waals surface area contributed by atoms with Gasteiger partial charge in [-0.05, 0) is 80.3 Å². The average Bonchev–Trinajstić information content (AvgIpc) is 3.64. The van der Waals surface area contributed by atoms with Crippen molar-refractivity contribution in [3.63, 3.8) is 0 Å². The third-order valence-corrected chi connectivity index (χ3v) is 9.14. The Morgan fingerprint density at radius 2 is 1.73 bits per heavy atom. The van der Waals surface area contributed by atoms with Crippen LogP contribution in [0.4, 0.5) is 5.69 Å². The molecule has 1 N–H and O–H groups in total. The van der Waals surface area contributed by atoms with E-state index in [1.165, 1.54) is 11.3 Å². The van der Waals surface area contributed by atoms with Gasteiger partial charge in [-0.2, -0.15) is 0 Å². The van der Waals surface area contributed by atoms with Gasteiger partial charge in [-0.1, -0.05) is 79.2 Å². The molecule has 0 spiro atoms. The molecule has 2 aromatic heterocycles. The van der Waals surface area contributed by atoms with E-state index in [-0.39, 0.29) is 17.6 Å². The maximum absolute atomic E-state index is 14.2. The maximum Gasteiger partial charge on any atom is 0.339 e. The van der Waals surface area contributed by atoms with E-state index in [1.54, 1.807) is 61.7 Å². The molecule has 244 valence electrons. The van der Waals surface area contributed by atoms with Gasteiger partial charge in [-0.25, -0.2) is 9.79 Å². The fraction of sp³-hybridized carbons (Fsp3) is 0.211. The smallest absolute Gasteiger partial charge is 0.339 e. The van der Waals surface area contributed by atoms with Crippen molar-refractivity contribution in [3.05, 3.63) is 143 Å². The number of nitrogens with one attached hydrogen (secondary N) is 1. The highest BCUT2D eigenvalue weighted by molar-refractivity contribution is 7.07. The van der Waals surface area contributed by atoms with Gasteiger partial charge in [0.1, 0.15) is 11.5 Å². The number of amides is 1. The van der Waals surface area contributed by atoms with Crippen molar-refractivity contribution >= 4 is 46.6 Å². The number of carbonyl (C=O) groups is 2. The van der Waals surface area contributed by atoms with Crippen LogP contribution in [0.2, 0.25) is 5.02 Å². The quantitative estimate of drug-likeness (QED) is 0.171. The summed E-state index contributed by atoms with van der Waals surface area (Å²) in [6, 6.07) is 24.8. The first-order valence-electron chi connectivity index (χ1n) is 15.6. The Kier molecular flexibility index (Phi) is 9.35. The van der Waals surface area contributed by atoms with Gasteiger partial charge in [0.15, 0.2) is 4.80 Å². The van der Waals surface area contributed by atoms with Crippen molar-refractivity contribution in [2.45, 2.75) is 52.7 Å². The number of fused-ring (bicyclic) bond motifs is 1. The molecule has 0 aliphatic carbocycles. The lowest BCUT2D eigenvalue weighted by Gasteiger charge is -2.25. The number of para-hydroxylation sites is 1. The minimum Gasteiger partial charge on any atom is -0.459 e. The summed E-state index contributed by atoms with van der Waals surface area (Å²) in [5.74, 6) is 0.284. The van der Waals surface area contributed by atoms with E-state index in [4.69, 9.17) is 25.7 Å². The number of esters is 1. The Morgan fingerprint density at radius 1 is 1.00 bits per heavy atom. The van der Waals surface area contributed by atoms with Crippen LogP contribution in [0.25, 0.3) is 17.4 Å². The van der Waals surface area contributed by atoms with E-state index in [9.17, 15) is 14.4 Å². The molecule has 3 heterocycles. The van der Waals surface area contributed by atoms with Crippen LogP contribution < -0.4 is 20.2 Å². The normalized spacial score (nSPS) is 14.7. The molecule has 48 heavy (non-hydrogen) atoms. The number of ether oxygens (including phenoxy) is 1. The molecule has 0 fully saturated rings. The van der Waals surface area contributed by atoms with Gasteiger partial charge < -0.3 is 14.5 Å². The van der Waals surface area contributed by atoms with Gasteiger partial charge in [-0.15, -0.1) is 0 Å². The molecule has 5 aromatic rings. The highest BCUT2D eigenvalue weighted by Crippen LogP contribution is 2.32. The standard InChI is InChI=1S/C38H34ClN3O5S/c1-21(2)24-11-13-25(14-12-24)34-33(35(43)41-27-9-7-6-8-10-27)23(5)40-38-42(34)36(44)32(48-38)20-28-16-18-31(47-28)30-19-26(39)15-17-29(30)37(45)46-22(3)4/h6-22,34H,1-5H3,(H,41,43)/b32-20+/t34-/m0/s1. The summed E-state index contributed by atoms with van der Waals surface area (Å²) >= 11 is 7.50. The third-order valence-electron chi connectivity index (χ3n) is 7.93. The summed E-state index contributed by atoms with van der Waals surface area (Å²) in [5.41, 5.74) is 3.97. The van der Waals surface area contributed by atoms with Crippen LogP contribution in [0.3, 0.4) is 0 Å². The Hall–Kier alpha value is -4.99. The fourth-order valence-corrected chi connectivity index (χ4v) is 6.79. The lowest BCUT2D eigenvalue weighted by atomic mass is 9.93. The molecule has 1 atom stereocenters. The zero-order valence-electron chi connectivity index (χ0n) is 27.1. The van der Waals surface area contributed by atoms with Crippen LogP contribution in [0.1, 0.15) is 73.8 Å². The van der Waals surface area contributed by atoms with E-state index < -0.39 is 12.0 Å². The number of hydrogen-bond donors (Lipinski definition) is 1. The van der Waals surface area contributed by atoms with E-state index in [1.807, 2.05) is 54.6 Å². The topological polar surface area (TPSA) is 103 Å². The second-order valence-corrected chi connectivity index (χ2v) is 13.5. The summed E-state index contributed by atoms with van der Waals surface area (Å²) < 4.78 is 13.5. The molecule has 0 saturated carbocycles. The van der Waals surface area contributed by atoms with E-state index in [0.717, 1.165) is 11.1 Å². The zero-order valence-corrected chi connectivity index (χ0v) is 28.7. The van der Waals surface area contributed by atoms with Crippen molar-refractivity contribution < 1.29 is 18.7 Å². The number of halogens is 1. The van der Waals surface area contributed by atoms with E-state index in [0.29, 0.717) is 59.9 Å². The Bertz CT molecular complexity index is 2230. The molecule has 3 aromatic carbocycles. The molecular formula is C38H34ClN3O5S. The maximum atomic E-state index is 14.2. The monoisotopic (exact) mass is 679 g/mol. The summed E-state index contributed by atoms with van der Waals surface area (Å²) in [6.45, 7) is 9.58. The minimum absolute atomic E-state index is 0.301. The number of anilines is 1. The van der Waals surface area contributed by atoms with Gasteiger partial charge in [0.05, 0.1) is 33.5 Å². The van der Waals surface area contributed by atoms with Crippen LogP contribution in [0.15, 0.2) is 110 Å². The van der Waals surface area contributed by atoms with Crippen LogP contribution >= 0.6 is 22.9 Å². The first kappa shape index (κ1) is 32.9. The molecule has 1 amide bonds. The first-order valence-corrected chi connectivity index (χ1v) is 16.8. The summed E-state index contributed by atoms with van der Waals surface area (Å²) in [5, 5.41) is 3.41. The van der Waals surface area contributed by atoms with Gasteiger partial charge in [0, 0.05) is 22.3 Å². The number of furan rings is 1. The summed E-state index contributed by atoms with van der Waals surface area (Å²) in [7, 11) is 0.